The van der Waals surface area contributed by atoms with Crippen LogP contribution in [0.3, 0.4) is 0 Å². The second-order valence-electron chi connectivity index (χ2n) is 4.80. The number of Topliss-reactive ketones (excluding diaryl/α,β-unsaturated/α-hetero) is 1. The molecule has 0 unspecified atom stereocenters. The summed E-state index contributed by atoms with van der Waals surface area (Å²) in [6.07, 6.45) is 1.27. The van der Waals surface area contributed by atoms with Crippen LogP contribution in [0.5, 0.6) is 0 Å². The lowest BCUT2D eigenvalue weighted by atomic mass is 10.1. The molecule has 0 saturated carbocycles. The van der Waals surface area contributed by atoms with Crippen LogP contribution in [0.1, 0.15) is 10.4 Å². The lowest BCUT2D eigenvalue weighted by molar-refractivity contribution is -0.112. The molecule has 3 aromatic rings. The van der Waals surface area contributed by atoms with E-state index in [-0.39, 0.29) is 11.3 Å². The fourth-order valence-corrected chi connectivity index (χ4v) is 2.18. The number of aromatic nitrogens is 1. The highest BCUT2D eigenvalue weighted by Crippen LogP contribution is 2.21. The maximum Gasteiger partial charge on any atom is 0.296 e. The minimum Gasteiger partial charge on any atom is -0.360 e. The zero-order valence-corrected chi connectivity index (χ0v) is 11.5. The van der Waals surface area contributed by atoms with Crippen LogP contribution in [0.15, 0.2) is 42.6 Å². The molecule has 0 radical (unpaired) electrons. The lowest BCUT2D eigenvalue weighted by Gasteiger charge is -2.05. The van der Waals surface area contributed by atoms with E-state index in [4.69, 9.17) is 0 Å². The lowest BCUT2D eigenvalue weighted by Crippen LogP contribution is -2.23. The molecule has 0 atom stereocenters. The smallest absolute Gasteiger partial charge is 0.296 e. The van der Waals surface area contributed by atoms with E-state index in [0.29, 0.717) is 17.0 Å². The quantitative estimate of drug-likeness (QED) is 0.574. The maximum atomic E-state index is 13.5. The van der Waals surface area contributed by atoms with Gasteiger partial charge in [0.1, 0.15) is 17.5 Å². The van der Waals surface area contributed by atoms with Crippen molar-refractivity contribution in [1.29, 1.82) is 0 Å². The number of aromatic amines is 1. The van der Waals surface area contributed by atoms with Gasteiger partial charge in [0.25, 0.3) is 11.7 Å². The summed E-state index contributed by atoms with van der Waals surface area (Å²) in [5.41, 5.74) is 0.0739. The van der Waals surface area contributed by atoms with E-state index < -0.39 is 29.1 Å². The first-order valence-electron chi connectivity index (χ1n) is 6.53. The van der Waals surface area contributed by atoms with E-state index in [1.165, 1.54) is 18.3 Å². The van der Waals surface area contributed by atoms with E-state index >= 15 is 0 Å². The number of fused-ring (bicyclic) bond motifs is 1. The van der Waals surface area contributed by atoms with Crippen LogP contribution in [0, 0.1) is 17.5 Å². The number of H-pyrrole nitrogens is 1. The number of carbonyl (C=O) groups excluding carboxylic acids is 2. The van der Waals surface area contributed by atoms with Crippen molar-refractivity contribution in [1.82, 2.24) is 4.98 Å². The van der Waals surface area contributed by atoms with Gasteiger partial charge in [-0.25, -0.2) is 13.2 Å². The van der Waals surface area contributed by atoms with Crippen LogP contribution in [0.4, 0.5) is 18.9 Å². The van der Waals surface area contributed by atoms with Crippen LogP contribution < -0.4 is 5.32 Å². The molecule has 2 aromatic carbocycles. The minimum atomic E-state index is -1.08. The van der Waals surface area contributed by atoms with Gasteiger partial charge in [-0.2, -0.15) is 0 Å². The minimum absolute atomic E-state index is 0.0278. The topological polar surface area (TPSA) is 62.0 Å². The number of hydrogen-bond acceptors (Lipinski definition) is 2. The van der Waals surface area contributed by atoms with Crippen LogP contribution in [-0.4, -0.2) is 16.7 Å². The van der Waals surface area contributed by atoms with Gasteiger partial charge in [0.15, 0.2) is 0 Å². The van der Waals surface area contributed by atoms with Gasteiger partial charge in [0, 0.05) is 23.2 Å². The zero-order valence-electron chi connectivity index (χ0n) is 11.5. The molecule has 0 bridgehead atoms. The van der Waals surface area contributed by atoms with Gasteiger partial charge in [-0.1, -0.05) is 0 Å². The SMILES string of the molecule is O=C(Nc1ccc(F)cc1F)C(=O)c1c[nH]c2cc(F)ccc12. The molecular weight excluding hydrogens is 309 g/mol. The van der Waals surface area contributed by atoms with Crippen molar-refractivity contribution >= 4 is 28.3 Å². The Hall–Kier alpha value is -3.09. The summed E-state index contributed by atoms with van der Waals surface area (Å²) in [6.45, 7) is 0. The molecule has 0 aliphatic rings. The molecule has 1 heterocycles. The number of halogens is 3. The number of ketones is 1. The molecule has 7 heteroatoms. The van der Waals surface area contributed by atoms with Crippen molar-refractivity contribution in [3.05, 3.63) is 65.6 Å². The third-order valence-corrected chi connectivity index (χ3v) is 3.27. The standard InChI is InChI=1S/C16H9F3N2O2/c17-8-2-4-13(12(19)5-8)21-16(23)15(22)11-7-20-14-6-9(18)1-3-10(11)14/h1-7,20H,(H,21,23). The Morgan fingerprint density at radius 2 is 1.65 bits per heavy atom. The van der Waals surface area contributed by atoms with Crippen molar-refractivity contribution in [2.45, 2.75) is 0 Å². The predicted octanol–water partition coefficient (Wildman–Crippen LogP) is 3.41. The summed E-state index contributed by atoms with van der Waals surface area (Å²) in [7, 11) is 0. The molecule has 116 valence electrons. The van der Waals surface area contributed by atoms with Gasteiger partial charge in [-0.3, -0.25) is 9.59 Å². The van der Waals surface area contributed by atoms with Crippen LogP contribution in [0.2, 0.25) is 0 Å². The molecule has 0 saturated heterocycles. The van der Waals surface area contributed by atoms with Gasteiger partial charge in [-0.05, 0) is 30.3 Å². The number of nitrogens with one attached hydrogen (secondary N) is 2. The Balaban J connectivity index is 1.88. The number of amides is 1. The first kappa shape index (κ1) is 14.8. The van der Waals surface area contributed by atoms with Crippen LogP contribution in [-0.2, 0) is 4.79 Å². The van der Waals surface area contributed by atoms with E-state index in [1.54, 1.807) is 0 Å². The highest BCUT2D eigenvalue weighted by atomic mass is 19.1. The Labute approximate surface area is 127 Å². The maximum absolute atomic E-state index is 13.5. The molecule has 4 nitrogen and oxygen atoms in total. The summed E-state index contributed by atoms with van der Waals surface area (Å²) in [6, 6.07) is 6.26. The van der Waals surface area contributed by atoms with Gasteiger partial charge < -0.3 is 10.3 Å². The molecule has 0 spiro atoms. The molecule has 0 fully saturated rings. The van der Waals surface area contributed by atoms with E-state index in [0.717, 1.165) is 18.2 Å². The Kier molecular flexibility index (Phi) is 3.61. The highest BCUT2D eigenvalue weighted by molar-refractivity contribution is 6.48. The third-order valence-electron chi connectivity index (χ3n) is 3.27. The van der Waals surface area contributed by atoms with Gasteiger partial charge in [0.05, 0.1) is 11.3 Å². The second kappa shape index (κ2) is 5.60. The fourth-order valence-electron chi connectivity index (χ4n) is 2.18. The molecular formula is C16H9F3N2O2. The average Bonchev–Trinajstić information content (AvgIpc) is 2.92. The van der Waals surface area contributed by atoms with Crippen LogP contribution >= 0.6 is 0 Å². The van der Waals surface area contributed by atoms with Crippen LogP contribution in [0.25, 0.3) is 10.9 Å². The molecule has 23 heavy (non-hydrogen) atoms. The van der Waals surface area contributed by atoms with E-state index in [2.05, 4.69) is 10.3 Å². The van der Waals surface area contributed by atoms with Gasteiger partial charge in [-0.15, -0.1) is 0 Å². The fraction of sp³-hybridized carbons (Fsp3) is 0. The number of benzene rings is 2. The van der Waals surface area contributed by atoms with Crippen molar-refractivity contribution in [3.63, 3.8) is 0 Å². The summed E-state index contributed by atoms with van der Waals surface area (Å²) >= 11 is 0. The number of carbonyl (C=O) groups is 2. The average molecular weight is 318 g/mol. The number of rotatable bonds is 3. The second-order valence-corrected chi connectivity index (χ2v) is 4.80. The highest BCUT2D eigenvalue weighted by Gasteiger charge is 2.21. The predicted molar refractivity (Wildman–Crippen MR) is 77.6 cm³/mol. The first-order valence-corrected chi connectivity index (χ1v) is 6.53. The molecule has 0 aliphatic heterocycles. The van der Waals surface area contributed by atoms with Gasteiger partial charge >= 0.3 is 0 Å². The number of hydrogen-bond donors (Lipinski definition) is 2. The summed E-state index contributed by atoms with van der Waals surface area (Å²) < 4.78 is 39.4. The molecule has 1 aromatic heterocycles. The largest absolute Gasteiger partial charge is 0.360 e. The Morgan fingerprint density at radius 3 is 2.39 bits per heavy atom. The van der Waals surface area contributed by atoms with Crippen molar-refractivity contribution in [3.8, 4) is 0 Å². The third kappa shape index (κ3) is 2.80. The summed E-state index contributed by atoms with van der Waals surface area (Å²) in [5, 5.41) is 2.45. The molecule has 0 aliphatic carbocycles. The summed E-state index contributed by atoms with van der Waals surface area (Å²) in [5.74, 6) is -4.29. The summed E-state index contributed by atoms with van der Waals surface area (Å²) in [4.78, 5) is 26.8. The normalized spacial score (nSPS) is 10.7. The molecule has 1 amide bonds. The molecule has 2 N–H and O–H groups in total. The number of anilines is 1. The first-order chi connectivity index (χ1) is 11.0. The van der Waals surface area contributed by atoms with E-state index in [1.807, 2.05) is 0 Å². The van der Waals surface area contributed by atoms with E-state index in [9.17, 15) is 22.8 Å². The monoisotopic (exact) mass is 318 g/mol. The molecule has 3 rings (SSSR count). The van der Waals surface area contributed by atoms with Crippen molar-refractivity contribution < 1.29 is 22.8 Å². The Bertz CT molecular complexity index is 934. The van der Waals surface area contributed by atoms with Gasteiger partial charge in [0.2, 0.25) is 0 Å². The zero-order chi connectivity index (χ0) is 16.6. The Morgan fingerprint density at radius 1 is 0.957 bits per heavy atom. The van der Waals surface area contributed by atoms with Crippen molar-refractivity contribution in [2.24, 2.45) is 0 Å². The van der Waals surface area contributed by atoms with Crippen molar-refractivity contribution in [2.75, 3.05) is 5.32 Å².